The summed E-state index contributed by atoms with van der Waals surface area (Å²) >= 11 is 0. The third kappa shape index (κ3) is 8.55. The van der Waals surface area contributed by atoms with Gasteiger partial charge in [0.25, 0.3) is 0 Å². The summed E-state index contributed by atoms with van der Waals surface area (Å²) in [5, 5.41) is 0. The summed E-state index contributed by atoms with van der Waals surface area (Å²) in [6.45, 7) is 18.4. The largest absolute Gasteiger partial charge is 0.463 e. The fourth-order valence-electron chi connectivity index (χ4n) is 1.81. The van der Waals surface area contributed by atoms with Crippen molar-refractivity contribution < 1.29 is 14.0 Å². The van der Waals surface area contributed by atoms with E-state index in [0.29, 0.717) is 13.2 Å². The lowest BCUT2D eigenvalue weighted by molar-refractivity contribution is -0.137. The summed E-state index contributed by atoms with van der Waals surface area (Å²) in [4.78, 5) is 11.5. The number of nitrogens with zero attached hydrogens (tertiary/aromatic N) is 1. The van der Waals surface area contributed by atoms with Crippen LogP contribution in [0, 0.1) is 0 Å². The van der Waals surface area contributed by atoms with Crippen LogP contribution in [0.1, 0.15) is 13.8 Å². The van der Waals surface area contributed by atoms with E-state index in [1.807, 2.05) is 13.1 Å². The van der Waals surface area contributed by atoms with Crippen LogP contribution in [0.25, 0.3) is 0 Å². The number of ether oxygens (including phenoxy) is 1. The SMILES string of the molecule is CCOC(=O)C=CN(C(C)CO[Si](C)(C)C)[Si](C)(C)C. The Morgan fingerprint density at radius 2 is 1.75 bits per heavy atom. The molecule has 0 radical (unpaired) electrons. The molecule has 0 amide bonds. The summed E-state index contributed by atoms with van der Waals surface area (Å²) in [5.41, 5.74) is 0. The molecule has 20 heavy (non-hydrogen) atoms. The Balaban J connectivity index is 4.77. The number of rotatable bonds is 8. The summed E-state index contributed by atoms with van der Waals surface area (Å²) in [6, 6.07) is 0.263. The fraction of sp³-hybridized carbons (Fsp3) is 0.786. The molecule has 0 aromatic carbocycles. The molecular weight excluding hydrogens is 286 g/mol. The maximum absolute atomic E-state index is 11.5. The molecule has 0 saturated heterocycles. The van der Waals surface area contributed by atoms with E-state index in [9.17, 15) is 4.79 Å². The first-order valence-corrected chi connectivity index (χ1v) is 14.1. The molecule has 0 aromatic rings. The predicted octanol–water partition coefficient (Wildman–Crippen LogP) is 3.44. The minimum Gasteiger partial charge on any atom is -0.463 e. The van der Waals surface area contributed by atoms with Crippen LogP contribution >= 0.6 is 0 Å². The molecule has 0 heterocycles. The molecule has 0 bridgehead atoms. The molecule has 0 spiro atoms. The van der Waals surface area contributed by atoms with Crippen LogP contribution in [0.2, 0.25) is 39.3 Å². The number of hydrogen-bond acceptors (Lipinski definition) is 4. The first-order valence-electron chi connectivity index (χ1n) is 7.24. The van der Waals surface area contributed by atoms with Gasteiger partial charge in [-0.05, 0) is 39.7 Å². The standard InChI is InChI=1S/C14H31NO3Si2/c1-9-17-14(16)10-11-15(19(3,4)5)13(2)12-18-20(6,7)8/h10-11,13H,9,12H2,1-8H3. The Morgan fingerprint density at radius 1 is 1.20 bits per heavy atom. The van der Waals surface area contributed by atoms with Crippen molar-refractivity contribution in [2.24, 2.45) is 0 Å². The van der Waals surface area contributed by atoms with E-state index >= 15 is 0 Å². The van der Waals surface area contributed by atoms with Crippen LogP contribution in [-0.2, 0) is 14.0 Å². The molecular formula is C14H31NO3Si2. The van der Waals surface area contributed by atoms with Gasteiger partial charge in [0.15, 0.2) is 8.32 Å². The zero-order chi connectivity index (χ0) is 16.0. The van der Waals surface area contributed by atoms with Crippen LogP contribution in [-0.4, -0.2) is 46.3 Å². The number of carbonyl (C=O) groups excluding carboxylic acids is 1. The van der Waals surface area contributed by atoms with Gasteiger partial charge in [-0.25, -0.2) is 4.79 Å². The summed E-state index contributed by atoms with van der Waals surface area (Å²) in [6.07, 6.45) is 3.40. The van der Waals surface area contributed by atoms with Crippen molar-refractivity contribution in [3.05, 3.63) is 12.3 Å². The minimum atomic E-state index is -1.56. The van der Waals surface area contributed by atoms with Gasteiger partial charge >= 0.3 is 5.97 Å². The van der Waals surface area contributed by atoms with Crippen molar-refractivity contribution in [3.63, 3.8) is 0 Å². The van der Waals surface area contributed by atoms with Gasteiger partial charge in [-0.3, -0.25) is 0 Å². The highest BCUT2D eigenvalue weighted by molar-refractivity contribution is 6.73. The molecule has 0 aliphatic rings. The highest BCUT2D eigenvalue weighted by Crippen LogP contribution is 2.16. The van der Waals surface area contributed by atoms with Crippen LogP contribution in [0.4, 0.5) is 0 Å². The summed E-state index contributed by atoms with van der Waals surface area (Å²) in [7, 11) is -3.07. The molecule has 0 fully saturated rings. The second-order valence-electron chi connectivity index (χ2n) is 6.92. The number of esters is 1. The van der Waals surface area contributed by atoms with Crippen LogP contribution in [0.15, 0.2) is 12.3 Å². The Kier molecular flexibility index (Phi) is 7.76. The smallest absolute Gasteiger partial charge is 0.332 e. The highest BCUT2D eigenvalue weighted by atomic mass is 28.4. The maximum Gasteiger partial charge on any atom is 0.332 e. The van der Waals surface area contributed by atoms with Crippen molar-refractivity contribution in [1.82, 2.24) is 4.57 Å². The second-order valence-corrected chi connectivity index (χ2v) is 16.3. The predicted molar refractivity (Wildman–Crippen MR) is 89.7 cm³/mol. The Hall–Kier alpha value is -0.596. The third-order valence-corrected chi connectivity index (χ3v) is 5.84. The molecule has 0 saturated carbocycles. The normalized spacial score (nSPS) is 14.4. The lowest BCUT2D eigenvalue weighted by Crippen LogP contribution is -2.50. The van der Waals surface area contributed by atoms with Crippen molar-refractivity contribution in [2.45, 2.75) is 59.2 Å². The van der Waals surface area contributed by atoms with Gasteiger partial charge in [0, 0.05) is 12.1 Å². The fourth-order valence-corrected chi connectivity index (χ4v) is 4.47. The summed E-state index contributed by atoms with van der Waals surface area (Å²) in [5.74, 6) is -0.283. The van der Waals surface area contributed by atoms with E-state index in [2.05, 4.69) is 50.8 Å². The van der Waals surface area contributed by atoms with Crippen molar-refractivity contribution in [3.8, 4) is 0 Å². The lowest BCUT2D eigenvalue weighted by atomic mass is 10.4. The quantitative estimate of drug-likeness (QED) is 0.390. The van der Waals surface area contributed by atoms with Gasteiger partial charge in [0.1, 0.15) is 8.24 Å². The van der Waals surface area contributed by atoms with Gasteiger partial charge in [0.2, 0.25) is 0 Å². The topological polar surface area (TPSA) is 38.8 Å². The molecule has 118 valence electrons. The Labute approximate surface area is 126 Å². The molecule has 0 N–H and O–H groups in total. The van der Waals surface area contributed by atoms with E-state index in [1.54, 1.807) is 0 Å². The Bertz CT molecular complexity index is 332. The minimum absolute atomic E-state index is 0.263. The van der Waals surface area contributed by atoms with Crippen molar-refractivity contribution in [2.75, 3.05) is 13.2 Å². The van der Waals surface area contributed by atoms with Gasteiger partial charge in [-0.15, -0.1) is 0 Å². The third-order valence-electron chi connectivity index (χ3n) is 2.66. The monoisotopic (exact) mass is 317 g/mol. The van der Waals surface area contributed by atoms with Gasteiger partial charge in [-0.2, -0.15) is 0 Å². The van der Waals surface area contributed by atoms with Crippen LogP contribution < -0.4 is 0 Å². The highest BCUT2D eigenvalue weighted by Gasteiger charge is 2.27. The van der Waals surface area contributed by atoms with Gasteiger partial charge < -0.3 is 13.7 Å². The van der Waals surface area contributed by atoms with E-state index in [1.165, 1.54) is 6.08 Å². The van der Waals surface area contributed by atoms with Crippen LogP contribution in [0.3, 0.4) is 0 Å². The molecule has 0 aliphatic carbocycles. The molecule has 1 unspecified atom stereocenters. The molecule has 0 rings (SSSR count). The number of carbonyl (C=O) groups is 1. The van der Waals surface area contributed by atoms with E-state index in [4.69, 9.17) is 9.16 Å². The lowest BCUT2D eigenvalue weighted by Gasteiger charge is -2.39. The van der Waals surface area contributed by atoms with Gasteiger partial charge in [-0.1, -0.05) is 19.6 Å². The number of hydrogen-bond donors (Lipinski definition) is 0. The summed E-state index contributed by atoms with van der Waals surface area (Å²) < 4.78 is 13.2. The molecule has 4 nitrogen and oxygen atoms in total. The van der Waals surface area contributed by atoms with Crippen molar-refractivity contribution in [1.29, 1.82) is 0 Å². The molecule has 6 heteroatoms. The first kappa shape index (κ1) is 19.4. The zero-order valence-electron chi connectivity index (χ0n) is 14.3. The molecule has 0 aromatic heterocycles. The van der Waals surface area contributed by atoms with E-state index in [-0.39, 0.29) is 12.0 Å². The average Bonchev–Trinajstić information content (AvgIpc) is 2.24. The Morgan fingerprint density at radius 3 is 2.15 bits per heavy atom. The van der Waals surface area contributed by atoms with E-state index in [0.717, 1.165) is 0 Å². The second kappa shape index (κ2) is 8.00. The zero-order valence-corrected chi connectivity index (χ0v) is 16.3. The van der Waals surface area contributed by atoms with Crippen LogP contribution in [0.5, 0.6) is 0 Å². The van der Waals surface area contributed by atoms with Crippen molar-refractivity contribution >= 4 is 22.5 Å². The van der Waals surface area contributed by atoms with E-state index < -0.39 is 16.6 Å². The maximum atomic E-state index is 11.5. The average molecular weight is 318 g/mol. The van der Waals surface area contributed by atoms with Gasteiger partial charge in [0.05, 0.1) is 13.2 Å². The first-order chi connectivity index (χ1) is 8.97. The molecule has 1 atom stereocenters. The molecule has 0 aliphatic heterocycles.